The number of hydrogen-bond donors (Lipinski definition) is 2. The maximum absolute atomic E-state index is 5.79. The molecule has 0 radical (unpaired) electrons. The molecular weight excluding hydrogens is 244 g/mol. The first kappa shape index (κ1) is 17.2. The minimum absolute atomic E-state index is 0.326. The Balaban J connectivity index is 2.84. The SMILES string of the molecule is Cc1cc(C)c(CC(CC(C)C(C)(C)C)NN)c(C)c1. The smallest absolute Gasteiger partial charge is 0.0253 e. The number of nitrogens with one attached hydrogen (secondary N) is 1. The lowest BCUT2D eigenvalue weighted by atomic mass is 9.77. The molecule has 114 valence electrons. The molecule has 1 aromatic rings. The van der Waals surface area contributed by atoms with E-state index in [2.05, 4.69) is 66.0 Å². The molecule has 0 fully saturated rings. The molecule has 2 nitrogen and oxygen atoms in total. The maximum atomic E-state index is 5.79. The minimum atomic E-state index is 0.326. The lowest BCUT2D eigenvalue weighted by Crippen LogP contribution is -2.40. The molecule has 0 bridgehead atoms. The van der Waals surface area contributed by atoms with Crippen LogP contribution in [-0.4, -0.2) is 6.04 Å². The van der Waals surface area contributed by atoms with Crippen LogP contribution in [0.5, 0.6) is 0 Å². The molecule has 0 saturated carbocycles. The van der Waals surface area contributed by atoms with Crippen LogP contribution >= 0.6 is 0 Å². The third kappa shape index (κ3) is 4.60. The van der Waals surface area contributed by atoms with E-state index >= 15 is 0 Å². The van der Waals surface area contributed by atoms with Crippen LogP contribution in [0.15, 0.2) is 12.1 Å². The van der Waals surface area contributed by atoms with Crippen molar-refractivity contribution >= 4 is 0 Å². The van der Waals surface area contributed by atoms with Crippen LogP contribution in [0.2, 0.25) is 0 Å². The molecule has 0 amide bonds. The second-order valence-electron chi connectivity index (χ2n) is 7.45. The van der Waals surface area contributed by atoms with E-state index in [1.807, 2.05) is 0 Å². The Labute approximate surface area is 125 Å². The van der Waals surface area contributed by atoms with Gasteiger partial charge in [-0.1, -0.05) is 45.4 Å². The van der Waals surface area contributed by atoms with Crippen molar-refractivity contribution in [1.82, 2.24) is 5.43 Å². The van der Waals surface area contributed by atoms with Crippen LogP contribution in [0.4, 0.5) is 0 Å². The zero-order valence-electron chi connectivity index (χ0n) is 14.3. The van der Waals surface area contributed by atoms with Gasteiger partial charge in [0.1, 0.15) is 0 Å². The van der Waals surface area contributed by atoms with E-state index in [9.17, 15) is 0 Å². The molecule has 0 aliphatic carbocycles. The lowest BCUT2D eigenvalue weighted by molar-refractivity contribution is 0.222. The second-order valence-corrected chi connectivity index (χ2v) is 7.45. The van der Waals surface area contributed by atoms with E-state index in [-0.39, 0.29) is 0 Å². The van der Waals surface area contributed by atoms with Crippen LogP contribution in [0.25, 0.3) is 0 Å². The topological polar surface area (TPSA) is 38.0 Å². The molecule has 2 unspecified atom stereocenters. The average molecular weight is 276 g/mol. The fraction of sp³-hybridized carbons (Fsp3) is 0.667. The first-order chi connectivity index (χ1) is 9.15. The predicted molar refractivity (Wildman–Crippen MR) is 88.7 cm³/mol. The van der Waals surface area contributed by atoms with E-state index in [0.29, 0.717) is 17.4 Å². The third-order valence-corrected chi connectivity index (χ3v) is 4.64. The largest absolute Gasteiger partial charge is 0.271 e. The average Bonchev–Trinajstić information content (AvgIpc) is 2.30. The number of aryl methyl sites for hydroxylation is 3. The van der Waals surface area contributed by atoms with E-state index in [1.165, 1.54) is 22.3 Å². The fourth-order valence-corrected chi connectivity index (χ4v) is 2.77. The van der Waals surface area contributed by atoms with E-state index in [1.54, 1.807) is 0 Å². The Morgan fingerprint density at radius 2 is 1.60 bits per heavy atom. The Morgan fingerprint density at radius 3 is 2.00 bits per heavy atom. The van der Waals surface area contributed by atoms with Gasteiger partial charge < -0.3 is 0 Å². The standard InChI is InChI=1S/C18H32N2/c1-12-8-13(2)17(14(3)9-12)11-16(20-19)10-15(4)18(5,6)7/h8-9,15-16,20H,10-11,19H2,1-7H3. The molecule has 0 spiro atoms. The second kappa shape index (κ2) is 6.73. The van der Waals surface area contributed by atoms with Gasteiger partial charge in [-0.15, -0.1) is 0 Å². The van der Waals surface area contributed by atoms with Crippen molar-refractivity contribution in [3.05, 3.63) is 34.4 Å². The zero-order chi connectivity index (χ0) is 15.5. The molecule has 1 rings (SSSR count). The highest BCUT2D eigenvalue weighted by molar-refractivity contribution is 5.38. The molecule has 1 aromatic carbocycles. The van der Waals surface area contributed by atoms with Gasteiger partial charge in [-0.05, 0) is 61.6 Å². The van der Waals surface area contributed by atoms with E-state index < -0.39 is 0 Å². The number of rotatable bonds is 5. The summed E-state index contributed by atoms with van der Waals surface area (Å²) >= 11 is 0. The highest BCUT2D eigenvalue weighted by Gasteiger charge is 2.23. The van der Waals surface area contributed by atoms with Crippen LogP contribution in [0.3, 0.4) is 0 Å². The molecule has 0 aliphatic heterocycles. The van der Waals surface area contributed by atoms with Gasteiger partial charge in [0.15, 0.2) is 0 Å². The monoisotopic (exact) mass is 276 g/mol. The quantitative estimate of drug-likeness (QED) is 0.629. The van der Waals surface area contributed by atoms with Gasteiger partial charge in [0.05, 0.1) is 0 Å². The van der Waals surface area contributed by atoms with Gasteiger partial charge in [0, 0.05) is 6.04 Å². The fourth-order valence-electron chi connectivity index (χ4n) is 2.77. The van der Waals surface area contributed by atoms with Crippen molar-refractivity contribution in [3.63, 3.8) is 0 Å². The van der Waals surface area contributed by atoms with Crippen LogP contribution in [-0.2, 0) is 6.42 Å². The number of nitrogens with two attached hydrogens (primary N) is 1. The van der Waals surface area contributed by atoms with Crippen molar-refractivity contribution in [3.8, 4) is 0 Å². The third-order valence-electron chi connectivity index (χ3n) is 4.64. The molecule has 2 atom stereocenters. The Morgan fingerprint density at radius 1 is 1.10 bits per heavy atom. The van der Waals surface area contributed by atoms with Gasteiger partial charge in [-0.3, -0.25) is 11.3 Å². The molecule has 0 heterocycles. The summed E-state index contributed by atoms with van der Waals surface area (Å²) in [6, 6.07) is 4.87. The number of benzene rings is 1. The van der Waals surface area contributed by atoms with Gasteiger partial charge >= 0.3 is 0 Å². The summed E-state index contributed by atoms with van der Waals surface area (Å²) in [5.41, 5.74) is 8.89. The summed E-state index contributed by atoms with van der Waals surface area (Å²) < 4.78 is 0. The lowest BCUT2D eigenvalue weighted by Gasteiger charge is -2.31. The Kier molecular flexibility index (Phi) is 5.79. The van der Waals surface area contributed by atoms with E-state index in [4.69, 9.17) is 5.84 Å². The molecule has 2 heteroatoms. The van der Waals surface area contributed by atoms with Gasteiger partial charge in [0.25, 0.3) is 0 Å². The van der Waals surface area contributed by atoms with Crippen molar-refractivity contribution in [1.29, 1.82) is 0 Å². The molecule has 0 aliphatic rings. The first-order valence-corrected chi connectivity index (χ1v) is 7.68. The minimum Gasteiger partial charge on any atom is -0.271 e. The normalized spacial score (nSPS) is 15.2. The zero-order valence-corrected chi connectivity index (χ0v) is 14.3. The molecule has 0 aromatic heterocycles. The Hall–Kier alpha value is -0.860. The maximum Gasteiger partial charge on any atom is 0.0253 e. The van der Waals surface area contributed by atoms with E-state index in [0.717, 1.165) is 12.8 Å². The van der Waals surface area contributed by atoms with Gasteiger partial charge in [-0.25, -0.2) is 0 Å². The molecule has 20 heavy (non-hydrogen) atoms. The van der Waals surface area contributed by atoms with Crippen molar-refractivity contribution in [2.75, 3.05) is 0 Å². The summed E-state index contributed by atoms with van der Waals surface area (Å²) in [6.45, 7) is 15.8. The number of hydrogen-bond acceptors (Lipinski definition) is 2. The molecule has 0 saturated heterocycles. The summed E-state index contributed by atoms with van der Waals surface area (Å²) in [7, 11) is 0. The highest BCUT2D eigenvalue weighted by atomic mass is 15.2. The Bertz CT molecular complexity index is 420. The number of hydrazine groups is 1. The van der Waals surface area contributed by atoms with Crippen molar-refractivity contribution in [2.24, 2.45) is 17.2 Å². The van der Waals surface area contributed by atoms with Crippen molar-refractivity contribution in [2.45, 2.75) is 67.3 Å². The highest BCUT2D eigenvalue weighted by Crippen LogP contribution is 2.30. The molecule has 3 N–H and O–H groups in total. The van der Waals surface area contributed by atoms with Crippen LogP contribution < -0.4 is 11.3 Å². The van der Waals surface area contributed by atoms with Crippen molar-refractivity contribution < 1.29 is 0 Å². The summed E-state index contributed by atoms with van der Waals surface area (Å²) in [6.07, 6.45) is 2.11. The van der Waals surface area contributed by atoms with Crippen LogP contribution in [0.1, 0.15) is 56.4 Å². The van der Waals surface area contributed by atoms with Gasteiger partial charge in [0.2, 0.25) is 0 Å². The predicted octanol–water partition coefficient (Wildman–Crippen LogP) is 4.06. The van der Waals surface area contributed by atoms with Gasteiger partial charge in [-0.2, -0.15) is 0 Å². The summed E-state index contributed by atoms with van der Waals surface area (Å²) in [5.74, 6) is 6.43. The molecular formula is C18H32N2. The first-order valence-electron chi connectivity index (χ1n) is 7.68. The summed E-state index contributed by atoms with van der Waals surface area (Å²) in [4.78, 5) is 0. The summed E-state index contributed by atoms with van der Waals surface area (Å²) in [5, 5.41) is 0. The van der Waals surface area contributed by atoms with Crippen LogP contribution in [0, 0.1) is 32.1 Å².